The van der Waals surface area contributed by atoms with E-state index in [0.717, 1.165) is 18.4 Å². The van der Waals surface area contributed by atoms with Crippen molar-refractivity contribution in [2.45, 2.75) is 26.7 Å². The molecule has 0 aliphatic carbocycles. The third-order valence-corrected chi connectivity index (χ3v) is 5.00. The minimum atomic E-state index is -3.57. The van der Waals surface area contributed by atoms with Gasteiger partial charge in [0.05, 0.1) is 5.69 Å². The molecule has 106 valence electrons. The fourth-order valence-corrected chi connectivity index (χ4v) is 3.43. The van der Waals surface area contributed by atoms with Crippen LogP contribution in [0.1, 0.15) is 25.3 Å². The van der Waals surface area contributed by atoms with Crippen molar-refractivity contribution < 1.29 is 13.5 Å². The number of nitrogens with zero attached hydrogens (tertiary/aromatic N) is 1. The number of benzene rings is 1. The van der Waals surface area contributed by atoms with Crippen molar-refractivity contribution >= 4 is 15.9 Å². The molecule has 1 aliphatic heterocycles. The number of phenols is 1. The van der Waals surface area contributed by atoms with E-state index in [1.54, 1.807) is 12.1 Å². The van der Waals surface area contributed by atoms with Crippen LogP contribution in [0.4, 0.5) is 5.69 Å². The zero-order valence-electron chi connectivity index (χ0n) is 11.3. The zero-order chi connectivity index (χ0) is 14.0. The van der Waals surface area contributed by atoms with Crippen LogP contribution in [0, 0.1) is 12.8 Å². The Balaban J connectivity index is 2.12. The lowest BCUT2D eigenvalue weighted by Gasteiger charge is -2.29. The first-order chi connectivity index (χ1) is 8.88. The fourth-order valence-electron chi connectivity index (χ4n) is 2.16. The molecular weight excluding hydrogens is 264 g/mol. The van der Waals surface area contributed by atoms with E-state index in [-0.39, 0.29) is 11.4 Å². The highest BCUT2D eigenvalue weighted by Gasteiger charge is 2.26. The van der Waals surface area contributed by atoms with Crippen molar-refractivity contribution in [2.24, 2.45) is 5.92 Å². The van der Waals surface area contributed by atoms with Crippen molar-refractivity contribution in [2.75, 3.05) is 17.8 Å². The lowest BCUT2D eigenvalue weighted by atomic mass is 10.0. The molecule has 0 saturated carbocycles. The maximum atomic E-state index is 12.2. The highest BCUT2D eigenvalue weighted by Crippen LogP contribution is 2.27. The summed E-state index contributed by atoms with van der Waals surface area (Å²) in [6, 6.07) is 4.88. The summed E-state index contributed by atoms with van der Waals surface area (Å²) in [5.41, 5.74) is 1.11. The lowest BCUT2D eigenvalue weighted by molar-refractivity contribution is 0.289. The standard InChI is InChI=1S/C13H20N2O3S/c1-10-5-7-15(8-6-10)19(17,18)14-12-4-3-11(2)9-13(12)16/h3-4,9-10,14,16H,5-8H2,1-2H3. The van der Waals surface area contributed by atoms with Crippen LogP contribution in [-0.4, -0.2) is 30.9 Å². The molecule has 2 N–H and O–H groups in total. The van der Waals surface area contributed by atoms with Crippen LogP contribution in [0.3, 0.4) is 0 Å². The van der Waals surface area contributed by atoms with Crippen LogP contribution < -0.4 is 4.72 Å². The van der Waals surface area contributed by atoms with Gasteiger partial charge >= 0.3 is 10.2 Å². The Labute approximate surface area is 114 Å². The van der Waals surface area contributed by atoms with Gasteiger partial charge in [-0.25, -0.2) is 0 Å². The van der Waals surface area contributed by atoms with Gasteiger partial charge in [0.2, 0.25) is 0 Å². The summed E-state index contributed by atoms with van der Waals surface area (Å²) in [7, 11) is -3.57. The van der Waals surface area contributed by atoms with Crippen LogP contribution in [-0.2, 0) is 10.2 Å². The Morgan fingerprint density at radius 3 is 2.53 bits per heavy atom. The maximum absolute atomic E-state index is 12.2. The van der Waals surface area contributed by atoms with Gasteiger partial charge in [-0.3, -0.25) is 4.72 Å². The molecule has 0 bridgehead atoms. The van der Waals surface area contributed by atoms with Crippen LogP contribution in [0.25, 0.3) is 0 Å². The highest BCUT2D eigenvalue weighted by molar-refractivity contribution is 7.90. The number of nitrogens with one attached hydrogen (secondary N) is 1. The average molecular weight is 284 g/mol. The first-order valence-electron chi connectivity index (χ1n) is 6.46. The summed E-state index contributed by atoms with van der Waals surface area (Å²) in [6.07, 6.45) is 1.75. The molecule has 19 heavy (non-hydrogen) atoms. The first-order valence-corrected chi connectivity index (χ1v) is 7.90. The molecule has 1 saturated heterocycles. The van der Waals surface area contributed by atoms with Gasteiger partial charge in [-0.1, -0.05) is 13.0 Å². The van der Waals surface area contributed by atoms with Crippen LogP contribution in [0.2, 0.25) is 0 Å². The number of hydrogen-bond acceptors (Lipinski definition) is 3. The van der Waals surface area contributed by atoms with Crippen LogP contribution in [0.15, 0.2) is 18.2 Å². The van der Waals surface area contributed by atoms with Gasteiger partial charge in [-0.05, 0) is 43.4 Å². The average Bonchev–Trinajstić information content (AvgIpc) is 2.33. The van der Waals surface area contributed by atoms with Gasteiger partial charge in [-0.2, -0.15) is 12.7 Å². The molecule has 0 unspecified atom stereocenters. The highest BCUT2D eigenvalue weighted by atomic mass is 32.2. The van der Waals surface area contributed by atoms with Gasteiger partial charge < -0.3 is 5.11 Å². The van der Waals surface area contributed by atoms with E-state index in [4.69, 9.17) is 0 Å². The minimum Gasteiger partial charge on any atom is -0.506 e. The quantitative estimate of drug-likeness (QED) is 0.835. The smallest absolute Gasteiger partial charge is 0.301 e. The number of piperidine rings is 1. The minimum absolute atomic E-state index is 0.0473. The molecule has 0 amide bonds. The number of phenolic OH excluding ortho intramolecular Hbond substituents is 1. The Kier molecular flexibility index (Phi) is 4.01. The molecule has 1 aromatic carbocycles. The molecule has 0 atom stereocenters. The molecule has 2 rings (SSSR count). The fraction of sp³-hybridized carbons (Fsp3) is 0.538. The third-order valence-electron chi connectivity index (χ3n) is 3.47. The van der Waals surface area contributed by atoms with Gasteiger partial charge in [0, 0.05) is 13.1 Å². The molecule has 0 radical (unpaired) electrons. The third kappa shape index (κ3) is 3.39. The van der Waals surface area contributed by atoms with Gasteiger partial charge in [0.15, 0.2) is 0 Å². The van der Waals surface area contributed by atoms with Crippen molar-refractivity contribution in [1.82, 2.24) is 4.31 Å². The number of rotatable bonds is 3. The Morgan fingerprint density at radius 2 is 1.95 bits per heavy atom. The molecule has 1 fully saturated rings. The van der Waals surface area contributed by atoms with Gasteiger partial charge in [-0.15, -0.1) is 0 Å². The molecule has 1 aromatic rings. The summed E-state index contributed by atoms with van der Waals surface area (Å²) in [4.78, 5) is 0. The second-order valence-electron chi connectivity index (χ2n) is 5.21. The molecule has 5 nitrogen and oxygen atoms in total. The van der Waals surface area contributed by atoms with Crippen molar-refractivity contribution in [3.05, 3.63) is 23.8 Å². The predicted octanol–water partition coefficient (Wildman–Crippen LogP) is 2.09. The van der Waals surface area contributed by atoms with Crippen molar-refractivity contribution in [3.63, 3.8) is 0 Å². The molecule has 6 heteroatoms. The molecule has 0 spiro atoms. The van der Waals surface area contributed by atoms with E-state index in [2.05, 4.69) is 11.6 Å². The number of aryl methyl sites for hydroxylation is 1. The Hall–Kier alpha value is -1.27. The summed E-state index contributed by atoms with van der Waals surface area (Å²) in [6.45, 7) is 5.03. The predicted molar refractivity (Wildman–Crippen MR) is 75.4 cm³/mol. The maximum Gasteiger partial charge on any atom is 0.301 e. The van der Waals surface area contributed by atoms with Gasteiger partial charge in [0.1, 0.15) is 5.75 Å². The normalized spacial score (nSPS) is 18.4. The number of anilines is 1. The second-order valence-corrected chi connectivity index (χ2v) is 6.88. The van der Waals surface area contributed by atoms with Crippen molar-refractivity contribution in [1.29, 1.82) is 0 Å². The van der Waals surface area contributed by atoms with E-state index in [0.29, 0.717) is 19.0 Å². The molecule has 1 aliphatic rings. The largest absolute Gasteiger partial charge is 0.506 e. The summed E-state index contributed by atoms with van der Waals surface area (Å²) >= 11 is 0. The Bertz CT molecular complexity index is 549. The topological polar surface area (TPSA) is 69.6 Å². The van der Waals surface area contributed by atoms with Crippen molar-refractivity contribution in [3.8, 4) is 5.75 Å². The van der Waals surface area contributed by atoms with E-state index in [1.165, 1.54) is 10.4 Å². The monoisotopic (exact) mass is 284 g/mol. The van der Waals surface area contributed by atoms with Gasteiger partial charge in [0.25, 0.3) is 0 Å². The molecular formula is C13H20N2O3S. The van der Waals surface area contributed by atoms with E-state index >= 15 is 0 Å². The van der Waals surface area contributed by atoms with E-state index < -0.39 is 10.2 Å². The second kappa shape index (κ2) is 5.38. The van der Waals surface area contributed by atoms with Crippen LogP contribution >= 0.6 is 0 Å². The Morgan fingerprint density at radius 1 is 1.32 bits per heavy atom. The SMILES string of the molecule is Cc1ccc(NS(=O)(=O)N2CCC(C)CC2)c(O)c1. The summed E-state index contributed by atoms with van der Waals surface area (Å²) in [5, 5.41) is 9.75. The van der Waals surface area contributed by atoms with E-state index in [9.17, 15) is 13.5 Å². The summed E-state index contributed by atoms with van der Waals surface area (Å²) < 4.78 is 28.3. The summed E-state index contributed by atoms with van der Waals surface area (Å²) in [5.74, 6) is 0.521. The number of aromatic hydroxyl groups is 1. The van der Waals surface area contributed by atoms with E-state index in [1.807, 2.05) is 6.92 Å². The van der Waals surface area contributed by atoms with Crippen LogP contribution in [0.5, 0.6) is 5.75 Å². The molecule has 0 aromatic heterocycles. The first kappa shape index (κ1) is 14.1. The lowest BCUT2D eigenvalue weighted by Crippen LogP contribution is -2.41. The number of hydrogen-bond donors (Lipinski definition) is 2. The zero-order valence-corrected chi connectivity index (χ0v) is 12.1. The molecule has 1 heterocycles.